The molecule has 1 amide bonds. The molecular formula is C23H21BrClNO3. The summed E-state index contributed by atoms with van der Waals surface area (Å²) >= 11 is 9.83. The molecule has 0 atom stereocenters. The fourth-order valence-corrected chi connectivity index (χ4v) is 3.38. The summed E-state index contributed by atoms with van der Waals surface area (Å²) in [6.07, 6.45) is 0. The van der Waals surface area contributed by atoms with E-state index in [1.807, 2.05) is 62.4 Å². The number of carbonyl (C=O) groups excluding carboxylic acids is 1. The lowest BCUT2D eigenvalue weighted by Gasteiger charge is -2.15. The average Bonchev–Trinajstić information content (AvgIpc) is 2.68. The van der Waals surface area contributed by atoms with Crippen molar-refractivity contribution in [2.45, 2.75) is 20.5 Å². The van der Waals surface area contributed by atoms with Gasteiger partial charge in [-0.15, -0.1) is 0 Å². The van der Waals surface area contributed by atoms with Gasteiger partial charge in [0.2, 0.25) is 0 Å². The largest absolute Gasteiger partial charge is 0.490 e. The molecule has 0 unspecified atom stereocenters. The van der Waals surface area contributed by atoms with Crippen molar-refractivity contribution in [1.29, 1.82) is 0 Å². The summed E-state index contributed by atoms with van der Waals surface area (Å²) in [6, 6.07) is 18.7. The first kappa shape index (κ1) is 21.2. The van der Waals surface area contributed by atoms with Crippen LogP contribution in [0.1, 0.15) is 28.4 Å². The first-order valence-corrected chi connectivity index (χ1v) is 10.3. The summed E-state index contributed by atoms with van der Waals surface area (Å²) in [4.78, 5) is 12.7. The Kier molecular flexibility index (Phi) is 7.18. The highest BCUT2D eigenvalue weighted by atomic mass is 79.9. The van der Waals surface area contributed by atoms with Crippen molar-refractivity contribution in [2.75, 3.05) is 11.9 Å². The van der Waals surface area contributed by atoms with Gasteiger partial charge in [-0.25, -0.2) is 0 Å². The molecule has 3 aromatic rings. The van der Waals surface area contributed by atoms with Gasteiger partial charge in [-0.3, -0.25) is 4.79 Å². The monoisotopic (exact) mass is 473 g/mol. The van der Waals surface area contributed by atoms with Crippen LogP contribution in [0.4, 0.5) is 5.69 Å². The molecular weight excluding hydrogens is 454 g/mol. The molecule has 4 nitrogen and oxygen atoms in total. The molecule has 0 aliphatic carbocycles. The summed E-state index contributed by atoms with van der Waals surface area (Å²) in [5.74, 6) is 0.579. The highest BCUT2D eigenvalue weighted by Crippen LogP contribution is 2.37. The van der Waals surface area contributed by atoms with Gasteiger partial charge in [-0.1, -0.05) is 63.4 Å². The molecule has 0 spiro atoms. The Morgan fingerprint density at radius 2 is 1.83 bits per heavy atom. The van der Waals surface area contributed by atoms with Crippen LogP contribution in [0.5, 0.6) is 11.5 Å². The van der Waals surface area contributed by atoms with Crippen molar-refractivity contribution in [3.63, 3.8) is 0 Å². The molecule has 0 aromatic heterocycles. The smallest absolute Gasteiger partial charge is 0.255 e. The second kappa shape index (κ2) is 9.81. The van der Waals surface area contributed by atoms with E-state index < -0.39 is 0 Å². The minimum Gasteiger partial charge on any atom is -0.490 e. The molecule has 0 aliphatic heterocycles. The van der Waals surface area contributed by atoms with Crippen LogP contribution in [0.3, 0.4) is 0 Å². The van der Waals surface area contributed by atoms with Crippen molar-refractivity contribution in [3.05, 3.63) is 86.8 Å². The molecule has 3 rings (SSSR count). The number of nitrogens with one attached hydrogen (secondary N) is 1. The van der Waals surface area contributed by atoms with E-state index in [-0.39, 0.29) is 5.91 Å². The van der Waals surface area contributed by atoms with Crippen LogP contribution in [0.2, 0.25) is 5.02 Å². The van der Waals surface area contributed by atoms with Crippen LogP contribution in [0.25, 0.3) is 0 Å². The second-order valence-corrected chi connectivity index (χ2v) is 7.78. The number of carbonyl (C=O) groups is 1. The fraction of sp³-hybridized carbons (Fsp3) is 0.174. The van der Waals surface area contributed by atoms with Crippen LogP contribution in [0.15, 0.2) is 65.1 Å². The third-order valence-corrected chi connectivity index (χ3v) is 4.93. The van der Waals surface area contributed by atoms with Gasteiger partial charge in [0.15, 0.2) is 11.5 Å². The summed E-state index contributed by atoms with van der Waals surface area (Å²) in [6.45, 7) is 4.68. The SMILES string of the molecule is CCOc1cc(C(=O)Nc2cccc(Br)c2)cc(Cl)c1OCc1ccc(C)cc1. The molecule has 29 heavy (non-hydrogen) atoms. The van der Waals surface area contributed by atoms with Gasteiger partial charge in [-0.2, -0.15) is 0 Å². The lowest BCUT2D eigenvalue weighted by Crippen LogP contribution is -2.12. The molecule has 150 valence electrons. The average molecular weight is 475 g/mol. The summed E-state index contributed by atoms with van der Waals surface area (Å²) in [5, 5.41) is 3.18. The van der Waals surface area contributed by atoms with E-state index in [2.05, 4.69) is 21.2 Å². The zero-order chi connectivity index (χ0) is 20.8. The number of amides is 1. The van der Waals surface area contributed by atoms with Crippen LogP contribution >= 0.6 is 27.5 Å². The third-order valence-electron chi connectivity index (χ3n) is 4.16. The van der Waals surface area contributed by atoms with Crippen LogP contribution in [0, 0.1) is 6.92 Å². The van der Waals surface area contributed by atoms with Crippen LogP contribution < -0.4 is 14.8 Å². The minimum atomic E-state index is -0.281. The third kappa shape index (κ3) is 5.75. The predicted octanol–water partition coefficient (Wildman–Crippen LogP) is 6.64. The normalized spacial score (nSPS) is 10.5. The zero-order valence-electron chi connectivity index (χ0n) is 16.2. The Hall–Kier alpha value is -2.50. The quantitative estimate of drug-likeness (QED) is 0.417. The molecule has 3 aromatic carbocycles. The van der Waals surface area contributed by atoms with Crippen molar-refractivity contribution < 1.29 is 14.3 Å². The van der Waals surface area contributed by atoms with Gasteiger partial charge >= 0.3 is 0 Å². The molecule has 0 saturated carbocycles. The maximum atomic E-state index is 12.7. The number of hydrogen-bond acceptors (Lipinski definition) is 3. The number of halogens is 2. The van der Waals surface area contributed by atoms with Crippen LogP contribution in [-0.2, 0) is 6.61 Å². The molecule has 6 heteroatoms. The Labute approximate surface area is 183 Å². The van der Waals surface area contributed by atoms with E-state index in [9.17, 15) is 4.79 Å². The van der Waals surface area contributed by atoms with Gasteiger partial charge < -0.3 is 14.8 Å². The van der Waals surface area contributed by atoms with Crippen LogP contribution in [-0.4, -0.2) is 12.5 Å². The predicted molar refractivity (Wildman–Crippen MR) is 120 cm³/mol. The van der Waals surface area contributed by atoms with Gasteiger partial charge in [-0.05, 0) is 49.7 Å². The van der Waals surface area contributed by atoms with Crippen molar-refractivity contribution in [1.82, 2.24) is 0 Å². The van der Waals surface area contributed by atoms with E-state index in [1.54, 1.807) is 12.1 Å². The minimum absolute atomic E-state index is 0.281. The molecule has 0 radical (unpaired) electrons. The number of benzene rings is 3. The first-order valence-electron chi connectivity index (χ1n) is 9.18. The number of ether oxygens (including phenoxy) is 2. The fourth-order valence-electron chi connectivity index (χ4n) is 2.71. The molecule has 0 bridgehead atoms. The van der Waals surface area contributed by atoms with Crippen molar-refractivity contribution in [3.8, 4) is 11.5 Å². The molecule has 0 fully saturated rings. The first-order chi connectivity index (χ1) is 14.0. The van der Waals surface area contributed by atoms with E-state index in [0.717, 1.165) is 10.0 Å². The zero-order valence-corrected chi connectivity index (χ0v) is 18.5. The number of aryl methyl sites for hydroxylation is 1. The Balaban J connectivity index is 1.81. The van der Waals surface area contributed by atoms with E-state index in [0.29, 0.717) is 41.0 Å². The summed E-state index contributed by atoms with van der Waals surface area (Å²) in [7, 11) is 0. The van der Waals surface area contributed by atoms with E-state index in [4.69, 9.17) is 21.1 Å². The summed E-state index contributed by atoms with van der Waals surface area (Å²) < 4.78 is 12.5. The molecule has 0 heterocycles. The molecule has 0 saturated heterocycles. The number of rotatable bonds is 7. The van der Waals surface area contributed by atoms with Gasteiger partial charge in [0.25, 0.3) is 5.91 Å². The summed E-state index contributed by atoms with van der Waals surface area (Å²) in [5.41, 5.74) is 3.27. The Bertz CT molecular complexity index is 1010. The Morgan fingerprint density at radius 3 is 2.52 bits per heavy atom. The number of hydrogen-bond donors (Lipinski definition) is 1. The standard InChI is InChI=1S/C23H21BrClNO3/c1-3-28-21-12-17(23(27)26-19-6-4-5-18(24)13-19)11-20(25)22(21)29-14-16-9-7-15(2)8-10-16/h4-13H,3,14H2,1-2H3,(H,26,27). The van der Waals surface area contributed by atoms with Crippen molar-refractivity contribution >= 4 is 39.1 Å². The van der Waals surface area contributed by atoms with E-state index >= 15 is 0 Å². The van der Waals surface area contributed by atoms with Gasteiger partial charge in [0.05, 0.1) is 11.6 Å². The number of anilines is 1. The van der Waals surface area contributed by atoms with E-state index in [1.165, 1.54) is 5.56 Å². The second-order valence-electron chi connectivity index (χ2n) is 6.46. The highest BCUT2D eigenvalue weighted by molar-refractivity contribution is 9.10. The highest BCUT2D eigenvalue weighted by Gasteiger charge is 2.17. The van der Waals surface area contributed by atoms with Crippen molar-refractivity contribution in [2.24, 2.45) is 0 Å². The Morgan fingerprint density at radius 1 is 1.07 bits per heavy atom. The molecule has 1 N–H and O–H groups in total. The maximum Gasteiger partial charge on any atom is 0.255 e. The maximum absolute atomic E-state index is 12.7. The van der Waals surface area contributed by atoms with Gasteiger partial charge in [0.1, 0.15) is 6.61 Å². The molecule has 0 aliphatic rings. The lowest BCUT2D eigenvalue weighted by atomic mass is 10.1. The lowest BCUT2D eigenvalue weighted by molar-refractivity contribution is 0.102. The van der Waals surface area contributed by atoms with Gasteiger partial charge in [0, 0.05) is 15.7 Å². The topological polar surface area (TPSA) is 47.6 Å².